The predicted molar refractivity (Wildman–Crippen MR) is 113 cm³/mol. The molecular weight excluding hydrogens is 444 g/mol. The third-order valence-electron chi connectivity index (χ3n) is 3.93. The van der Waals surface area contributed by atoms with Crippen LogP contribution in [-0.4, -0.2) is 37.0 Å². The van der Waals surface area contributed by atoms with Crippen LogP contribution in [0.3, 0.4) is 0 Å². The second kappa shape index (κ2) is 9.81. The average Bonchev–Trinajstić information content (AvgIpc) is 3.39. The molecule has 0 aliphatic rings. The summed E-state index contributed by atoms with van der Waals surface area (Å²) in [6.45, 7) is 2.79. The fraction of sp³-hybridized carbons (Fsp3) is 0.263. The Bertz CT molecular complexity index is 1140. The normalized spacial score (nSPS) is 12.3. The lowest BCUT2D eigenvalue weighted by Gasteiger charge is -2.10. The van der Waals surface area contributed by atoms with Crippen LogP contribution < -0.4 is 10.0 Å². The minimum atomic E-state index is -3.81. The Morgan fingerprint density at radius 1 is 1.19 bits per heavy atom. The van der Waals surface area contributed by atoms with Gasteiger partial charge in [0, 0.05) is 19.2 Å². The molecule has 2 N–H and O–H groups in total. The third kappa shape index (κ3) is 6.20. The van der Waals surface area contributed by atoms with Crippen LogP contribution in [0, 0.1) is 0 Å². The van der Waals surface area contributed by atoms with Gasteiger partial charge in [-0.2, -0.15) is 0 Å². The molecule has 0 radical (unpaired) electrons. The maximum Gasteiger partial charge on any atom is 0.307 e. The van der Waals surface area contributed by atoms with E-state index >= 15 is 0 Å². The molecule has 1 atom stereocenters. The van der Waals surface area contributed by atoms with Gasteiger partial charge in [0.1, 0.15) is 0 Å². The highest BCUT2D eigenvalue weighted by molar-refractivity contribution is 7.89. The maximum atomic E-state index is 12.3. The first-order chi connectivity index (χ1) is 14.7. The van der Waals surface area contributed by atoms with Crippen molar-refractivity contribution in [2.45, 2.75) is 31.3 Å². The molecule has 1 unspecified atom stereocenters. The number of ether oxygens (including phenoxy) is 1. The van der Waals surface area contributed by atoms with E-state index in [-0.39, 0.29) is 29.7 Å². The number of carbonyl (C=O) groups excluding carboxylic acids is 2. The molecule has 0 aliphatic heterocycles. The van der Waals surface area contributed by atoms with Crippen molar-refractivity contribution in [2.24, 2.45) is 0 Å². The molecule has 3 rings (SSSR count). The van der Waals surface area contributed by atoms with Crippen LogP contribution in [0.5, 0.6) is 0 Å². The minimum Gasteiger partial charge on any atom is -0.453 e. The first-order valence-electron chi connectivity index (χ1n) is 9.18. The fourth-order valence-electron chi connectivity index (χ4n) is 2.50. The number of rotatable bonds is 9. The number of hydrogen-bond donors (Lipinski definition) is 2. The molecule has 0 saturated heterocycles. The minimum absolute atomic E-state index is 0.00954. The molecule has 0 spiro atoms. The summed E-state index contributed by atoms with van der Waals surface area (Å²) in [7, 11) is -3.81. The van der Waals surface area contributed by atoms with Crippen molar-refractivity contribution >= 4 is 38.9 Å². The Morgan fingerprint density at radius 2 is 1.94 bits per heavy atom. The molecule has 12 heteroatoms. The zero-order valence-electron chi connectivity index (χ0n) is 16.7. The Hall–Kier alpha value is -3.09. The number of hydrogen-bond acceptors (Lipinski definition) is 9. The predicted octanol–water partition coefficient (Wildman–Crippen LogP) is 2.73. The van der Waals surface area contributed by atoms with Gasteiger partial charge in [0.05, 0.1) is 16.2 Å². The standard InChI is InChI=1S/C19H20N4O6S2/c1-12(18-22-23-19(29-18)16-4-3-11-30-16)28-17(25)9-10-20-31(26,27)15-7-5-14(6-8-15)21-13(2)24/h3-8,11-12,20H,9-10H2,1-2H3,(H,21,24). The SMILES string of the molecule is CC(=O)Nc1ccc(S(=O)(=O)NCCC(=O)OC(C)c2nnc(-c3cccs3)o2)cc1. The van der Waals surface area contributed by atoms with Gasteiger partial charge in [0.2, 0.25) is 15.9 Å². The van der Waals surface area contributed by atoms with E-state index < -0.39 is 22.1 Å². The van der Waals surface area contributed by atoms with E-state index in [2.05, 4.69) is 20.2 Å². The van der Waals surface area contributed by atoms with E-state index in [1.54, 1.807) is 6.92 Å². The van der Waals surface area contributed by atoms with E-state index in [1.165, 1.54) is 42.5 Å². The van der Waals surface area contributed by atoms with Crippen LogP contribution in [0.25, 0.3) is 10.8 Å². The number of thiophene rings is 1. The van der Waals surface area contributed by atoms with Crippen LogP contribution in [0.15, 0.2) is 51.1 Å². The van der Waals surface area contributed by atoms with E-state index in [4.69, 9.17) is 9.15 Å². The third-order valence-corrected chi connectivity index (χ3v) is 6.27. The quantitative estimate of drug-likeness (QED) is 0.461. The van der Waals surface area contributed by atoms with Gasteiger partial charge < -0.3 is 14.5 Å². The molecule has 3 aromatic rings. The summed E-state index contributed by atoms with van der Waals surface area (Å²) >= 11 is 1.44. The summed E-state index contributed by atoms with van der Waals surface area (Å²) in [6, 6.07) is 9.34. The van der Waals surface area contributed by atoms with Crippen molar-refractivity contribution < 1.29 is 27.2 Å². The van der Waals surface area contributed by atoms with Gasteiger partial charge in [-0.3, -0.25) is 9.59 Å². The van der Waals surface area contributed by atoms with Gasteiger partial charge in [-0.25, -0.2) is 13.1 Å². The van der Waals surface area contributed by atoms with Gasteiger partial charge in [-0.15, -0.1) is 21.5 Å². The van der Waals surface area contributed by atoms with E-state index in [9.17, 15) is 18.0 Å². The number of nitrogens with one attached hydrogen (secondary N) is 2. The average molecular weight is 465 g/mol. The first-order valence-corrected chi connectivity index (χ1v) is 11.5. The molecule has 2 aromatic heterocycles. The molecule has 0 fully saturated rings. The molecular formula is C19H20N4O6S2. The second-order valence-corrected chi connectivity index (χ2v) is 9.12. The highest BCUT2D eigenvalue weighted by Crippen LogP contribution is 2.25. The topological polar surface area (TPSA) is 140 Å². The summed E-state index contributed by atoms with van der Waals surface area (Å²) in [4.78, 5) is 23.9. The molecule has 0 aliphatic carbocycles. The van der Waals surface area contributed by atoms with E-state index in [0.717, 1.165) is 4.88 Å². The number of esters is 1. The summed E-state index contributed by atoms with van der Waals surface area (Å²) in [5, 5.41) is 12.2. The van der Waals surface area contributed by atoms with Crippen LogP contribution in [0.2, 0.25) is 0 Å². The van der Waals surface area contributed by atoms with Crippen LogP contribution in [0.4, 0.5) is 5.69 Å². The Kier molecular flexibility index (Phi) is 7.15. The summed E-state index contributed by atoms with van der Waals surface area (Å²) < 4.78 is 37.7. The number of aromatic nitrogens is 2. The maximum absolute atomic E-state index is 12.3. The van der Waals surface area contributed by atoms with E-state index in [1.807, 2.05) is 17.5 Å². The summed E-state index contributed by atoms with van der Waals surface area (Å²) in [5.41, 5.74) is 0.479. The Balaban J connectivity index is 1.48. The van der Waals surface area contributed by atoms with Gasteiger partial charge in [-0.05, 0) is 42.6 Å². The zero-order valence-corrected chi connectivity index (χ0v) is 18.3. The Labute approximate surface area is 182 Å². The lowest BCUT2D eigenvalue weighted by Crippen LogP contribution is -2.27. The van der Waals surface area contributed by atoms with Crippen LogP contribution in [0.1, 0.15) is 32.3 Å². The fourth-order valence-corrected chi connectivity index (χ4v) is 4.17. The molecule has 1 aromatic carbocycles. The van der Waals surface area contributed by atoms with Crippen molar-refractivity contribution in [1.82, 2.24) is 14.9 Å². The summed E-state index contributed by atoms with van der Waals surface area (Å²) in [5.74, 6) is -0.390. The molecule has 164 valence electrons. The van der Waals surface area contributed by atoms with Crippen molar-refractivity contribution in [3.63, 3.8) is 0 Å². The highest BCUT2D eigenvalue weighted by atomic mass is 32.2. The first kappa shape index (κ1) is 22.6. The zero-order chi connectivity index (χ0) is 22.4. The van der Waals surface area contributed by atoms with Gasteiger partial charge in [0.25, 0.3) is 11.8 Å². The second-order valence-electron chi connectivity index (χ2n) is 6.41. The molecule has 31 heavy (non-hydrogen) atoms. The molecule has 2 heterocycles. The molecule has 0 saturated carbocycles. The smallest absolute Gasteiger partial charge is 0.307 e. The van der Waals surface area contributed by atoms with E-state index in [0.29, 0.717) is 11.6 Å². The lowest BCUT2D eigenvalue weighted by atomic mass is 10.3. The number of sulfonamides is 1. The summed E-state index contributed by atoms with van der Waals surface area (Å²) in [6.07, 6.45) is -0.953. The van der Waals surface area contributed by atoms with Crippen LogP contribution >= 0.6 is 11.3 Å². The number of carbonyl (C=O) groups is 2. The van der Waals surface area contributed by atoms with Crippen molar-refractivity contribution in [3.8, 4) is 10.8 Å². The van der Waals surface area contributed by atoms with Gasteiger partial charge in [-0.1, -0.05) is 6.07 Å². The lowest BCUT2D eigenvalue weighted by molar-refractivity contribution is -0.149. The van der Waals surface area contributed by atoms with Crippen molar-refractivity contribution in [3.05, 3.63) is 47.7 Å². The van der Waals surface area contributed by atoms with Gasteiger partial charge >= 0.3 is 5.97 Å². The number of nitrogens with zero attached hydrogens (tertiary/aromatic N) is 2. The number of anilines is 1. The molecule has 0 bridgehead atoms. The van der Waals surface area contributed by atoms with Gasteiger partial charge in [0.15, 0.2) is 6.10 Å². The highest BCUT2D eigenvalue weighted by Gasteiger charge is 2.20. The van der Waals surface area contributed by atoms with Crippen molar-refractivity contribution in [1.29, 1.82) is 0 Å². The number of benzene rings is 1. The molecule has 1 amide bonds. The Morgan fingerprint density at radius 3 is 2.58 bits per heavy atom. The largest absolute Gasteiger partial charge is 0.453 e. The number of amides is 1. The van der Waals surface area contributed by atoms with Crippen LogP contribution in [-0.2, 0) is 24.3 Å². The molecule has 10 nitrogen and oxygen atoms in total. The monoisotopic (exact) mass is 464 g/mol. The van der Waals surface area contributed by atoms with Crippen molar-refractivity contribution in [2.75, 3.05) is 11.9 Å².